The molecule has 5 heteroatoms. The third-order valence-corrected chi connectivity index (χ3v) is 3.98. The van der Waals surface area contributed by atoms with Gasteiger partial charge in [-0.15, -0.1) is 0 Å². The minimum atomic E-state index is -0.245. The van der Waals surface area contributed by atoms with Gasteiger partial charge in [-0.25, -0.2) is 14.4 Å². The quantitative estimate of drug-likeness (QED) is 0.942. The van der Waals surface area contributed by atoms with Crippen molar-refractivity contribution in [3.8, 4) is 0 Å². The van der Waals surface area contributed by atoms with Gasteiger partial charge >= 0.3 is 0 Å². The zero-order chi connectivity index (χ0) is 13.4. The SMILES string of the molecule is Nc1nc(Cc2cccc(F)c2)nc(C2CC2)c1Br. The highest BCUT2D eigenvalue weighted by atomic mass is 79.9. The molecule has 1 saturated carbocycles. The molecule has 2 aromatic rings. The zero-order valence-electron chi connectivity index (χ0n) is 10.2. The first kappa shape index (κ1) is 12.5. The predicted octanol–water partition coefficient (Wildman–Crippen LogP) is 3.43. The average molecular weight is 322 g/mol. The van der Waals surface area contributed by atoms with Crippen LogP contribution in [-0.2, 0) is 6.42 Å². The van der Waals surface area contributed by atoms with Gasteiger partial charge in [0, 0.05) is 12.3 Å². The molecule has 1 aliphatic rings. The molecule has 0 saturated heterocycles. The van der Waals surface area contributed by atoms with Crippen molar-refractivity contribution in [2.45, 2.75) is 25.2 Å². The Morgan fingerprint density at radius 2 is 2.11 bits per heavy atom. The Morgan fingerprint density at radius 3 is 2.79 bits per heavy atom. The topological polar surface area (TPSA) is 51.8 Å². The molecule has 0 amide bonds. The van der Waals surface area contributed by atoms with E-state index in [0.29, 0.717) is 24.0 Å². The van der Waals surface area contributed by atoms with Crippen LogP contribution in [0.1, 0.15) is 35.8 Å². The first-order chi connectivity index (χ1) is 9.13. The number of anilines is 1. The van der Waals surface area contributed by atoms with Crippen molar-refractivity contribution in [2.24, 2.45) is 0 Å². The lowest BCUT2D eigenvalue weighted by Gasteiger charge is -2.08. The third-order valence-electron chi connectivity index (χ3n) is 3.16. The van der Waals surface area contributed by atoms with Crippen LogP contribution in [0.2, 0.25) is 0 Å². The molecule has 98 valence electrons. The first-order valence-electron chi connectivity index (χ1n) is 6.19. The van der Waals surface area contributed by atoms with E-state index in [0.717, 1.165) is 28.6 Å². The average Bonchev–Trinajstić information content (AvgIpc) is 3.18. The van der Waals surface area contributed by atoms with Gasteiger partial charge in [0.05, 0.1) is 10.2 Å². The van der Waals surface area contributed by atoms with Crippen LogP contribution in [-0.4, -0.2) is 9.97 Å². The van der Waals surface area contributed by atoms with Crippen LogP contribution >= 0.6 is 15.9 Å². The molecule has 19 heavy (non-hydrogen) atoms. The molecule has 1 aliphatic carbocycles. The van der Waals surface area contributed by atoms with Crippen molar-refractivity contribution in [2.75, 3.05) is 5.73 Å². The molecule has 0 aliphatic heterocycles. The molecule has 0 unspecified atom stereocenters. The molecular formula is C14H13BrFN3. The van der Waals surface area contributed by atoms with E-state index in [1.165, 1.54) is 12.1 Å². The fraction of sp³-hybridized carbons (Fsp3) is 0.286. The van der Waals surface area contributed by atoms with Gasteiger partial charge in [-0.2, -0.15) is 0 Å². The van der Waals surface area contributed by atoms with E-state index >= 15 is 0 Å². The molecular weight excluding hydrogens is 309 g/mol. The molecule has 1 aromatic heterocycles. The monoisotopic (exact) mass is 321 g/mol. The van der Waals surface area contributed by atoms with Crippen molar-refractivity contribution >= 4 is 21.7 Å². The number of halogens is 2. The fourth-order valence-corrected chi connectivity index (χ4v) is 2.57. The largest absolute Gasteiger partial charge is 0.383 e. The summed E-state index contributed by atoms with van der Waals surface area (Å²) in [6, 6.07) is 6.48. The number of nitrogen functional groups attached to an aromatic ring is 1. The molecule has 0 bridgehead atoms. The van der Waals surface area contributed by atoms with E-state index < -0.39 is 0 Å². The number of rotatable bonds is 3. The van der Waals surface area contributed by atoms with E-state index in [1.807, 2.05) is 6.07 Å². The van der Waals surface area contributed by atoms with Crippen LogP contribution < -0.4 is 5.73 Å². The van der Waals surface area contributed by atoms with Gasteiger partial charge in [0.2, 0.25) is 0 Å². The number of nitrogens with two attached hydrogens (primary N) is 1. The smallest absolute Gasteiger partial charge is 0.141 e. The molecule has 3 nitrogen and oxygen atoms in total. The van der Waals surface area contributed by atoms with Crippen molar-refractivity contribution in [1.82, 2.24) is 9.97 Å². The van der Waals surface area contributed by atoms with Crippen LogP contribution in [0.15, 0.2) is 28.7 Å². The molecule has 2 N–H and O–H groups in total. The minimum absolute atomic E-state index is 0.245. The standard InChI is InChI=1S/C14H13BrFN3/c15-12-13(9-4-5-9)18-11(19-14(12)17)7-8-2-1-3-10(16)6-8/h1-3,6,9H,4-5,7H2,(H2,17,18,19). The van der Waals surface area contributed by atoms with Gasteiger partial charge < -0.3 is 5.73 Å². The Bertz CT molecular complexity index is 626. The summed E-state index contributed by atoms with van der Waals surface area (Å²) in [5.41, 5.74) is 7.73. The van der Waals surface area contributed by atoms with Crippen LogP contribution in [0.3, 0.4) is 0 Å². The molecule has 0 spiro atoms. The van der Waals surface area contributed by atoms with Gasteiger partial charge in [0.25, 0.3) is 0 Å². The molecule has 1 aromatic carbocycles. The summed E-state index contributed by atoms with van der Waals surface area (Å²) in [5.74, 6) is 1.35. The fourth-order valence-electron chi connectivity index (χ4n) is 2.07. The Kier molecular flexibility index (Phi) is 3.22. The first-order valence-corrected chi connectivity index (χ1v) is 6.99. The Morgan fingerprint density at radius 1 is 1.32 bits per heavy atom. The van der Waals surface area contributed by atoms with Gasteiger partial charge in [-0.1, -0.05) is 12.1 Å². The van der Waals surface area contributed by atoms with E-state index in [1.54, 1.807) is 6.07 Å². The summed E-state index contributed by atoms with van der Waals surface area (Å²) in [4.78, 5) is 8.83. The van der Waals surface area contributed by atoms with Gasteiger partial charge in [-0.05, 0) is 46.5 Å². The zero-order valence-corrected chi connectivity index (χ0v) is 11.8. The summed E-state index contributed by atoms with van der Waals surface area (Å²) in [7, 11) is 0. The number of aromatic nitrogens is 2. The number of benzene rings is 1. The van der Waals surface area contributed by atoms with Crippen LogP contribution in [0.5, 0.6) is 0 Å². The predicted molar refractivity (Wildman–Crippen MR) is 75.3 cm³/mol. The highest BCUT2D eigenvalue weighted by Gasteiger charge is 2.29. The van der Waals surface area contributed by atoms with E-state index in [4.69, 9.17) is 5.73 Å². The van der Waals surface area contributed by atoms with Gasteiger partial charge in [0.15, 0.2) is 0 Å². The highest BCUT2D eigenvalue weighted by Crippen LogP contribution is 2.43. The van der Waals surface area contributed by atoms with Gasteiger partial charge in [-0.3, -0.25) is 0 Å². The molecule has 1 heterocycles. The van der Waals surface area contributed by atoms with E-state index in [2.05, 4.69) is 25.9 Å². The summed E-state index contributed by atoms with van der Waals surface area (Å²) in [5, 5.41) is 0. The maximum absolute atomic E-state index is 13.2. The maximum Gasteiger partial charge on any atom is 0.141 e. The molecule has 0 radical (unpaired) electrons. The molecule has 1 fully saturated rings. The van der Waals surface area contributed by atoms with Crippen molar-refractivity contribution in [3.63, 3.8) is 0 Å². The lowest BCUT2D eigenvalue weighted by molar-refractivity contribution is 0.625. The second-order valence-corrected chi connectivity index (χ2v) is 5.60. The maximum atomic E-state index is 13.2. The minimum Gasteiger partial charge on any atom is -0.383 e. The normalized spacial score (nSPS) is 14.6. The van der Waals surface area contributed by atoms with Crippen molar-refractivity contribution in [3.05, 3.63) is 51.6 Å². The number of hydrogen-bond acceptors (Lipinski definition) is 3. The van der Waals surface area contributed by atoms with Crippen LogP contribution in [0.25, 0.3) is 0 Å². The molecule has 0 atom stereocenters. The highest BCUT2D eigenvalue weighted by molar-refractivity contribution is 9.10. The lowest BCUT2D eigenvalue weighted by Crippen LogP contribution is -2.05. The molecule has 3 rings (SSSR count). The van der Waals surface area contributed by atoms with E-state index in [9.17, 15) is 4.39 Å². The summed E-state index contributed by atoms with van der Waals surface area (Å²) in [6.07, 6.45) is 2.79. The van der Waals surface area contributed by atoms with E-state index in [-0.39, 0.29) is 5.82 Å². The Balaban J connectivity index is 1.92. The third kappa shape index (κ3) is 2.76. The Hall–Kier alpha value is -1.49. The van der Waals surface area contributed by atoms with Crippen LogP contribution in [0.4, 0.5) is 10.2 Å². The van der Waals surface area contributed by atoms with Crippen molar-refractivity contribution in [1.29, 1.82) is 0 Å². The van der Waals surface area contributed by atoms with Gasteiger partial charge in [0.1, 0.15) is 17.5 Å². The summed E-state index contributed by atoms with van der Waals surface area (Å²) >= 11 is 3.44. The second kappa shape index (κ2) is 4.89. The summed E-state index contributed by atoms with van der Waals surface area (Å²) < 4.78 is 14.0. The number of nitrogens with zero attached hydrogens (tertiary/aromatic N) is 2. The number of hydrogen-bond donors (Lipinski definition) is 1. The summed E-state index contributed by atoms with van der Waals surface area (Å²) in [6.45, 7) is 0. The van der Waals surface area contributed by atoms with Crippen molar-refractivity contribution < 1.29 is 4.39 Å². The Labute approximate surface area is 119 Å². The lowest BCUT2D eigenvalue weighted by atomic mass is 10.1. The van der Waals surface area contributed by atoms with Crippen LogP contribution in [0, 0.1) is 5.82 Å². The second-order valence-electron chi connectivity index (χ2n) is 4.81.